The van der Waals surface area contributed by atoms with Crippen LogP contribution in [0.2, 0.25) is 0 Å². The molecule has 0 aromatic rings. The minimum absolute atomic E-state index is 0. The SMILES string of the molecule is CCCCCCCCC=CCCCCCCCC(=O)O.[Ho]. The molecular formula is C18H34HoO2. The van der Waals surface area contributed by atoms with Crippen molar-refractivity contribution < 1.29 is 47.6 Å². The van der Waals surface area contributed by atoms with Gasteiger partial charge in [0.05, 0.1) is 0 Å². The minimum atomic E-state index is -0.664. The van der Waals surface area contributed by atoms with Crippen LogP contribution in [0.3, 0.4) is 0 Å². The van der Waals surface area contributed by atoms with Crippen molar-refractivity contribution in [2.45, 2.75) is 96.8 Å². The first kappa shape index (κ1) is 23.7. The molecule has 1 N–H and O–H groups in total. The molecule has 0 aliphatic carbocycles. The van der Waals surface area contributed by atoms with Crippen LogP contribution >= 0.6 is 0 Å². The van der Waals surface area contributed by atoms with Crippen LogP contribution in [0.25, 0.3) is 0 Å². The predicted octanol–water partition coefficient (Wildman–Crippen LogP) is 6.11. The van der Waals surface area contributed by atoms with Gasteiger partial charge in [-0.1, -0.05) is 70.4 Å². The fourth-order valence-electron chi connectivity index (χ4n) is 2.35. The molecule has 3 heteroatoms. The zero-order chi connectivity index (χ0) is 14.9. The number of unbranched alkanes of at least 4 members (excludes halogenated alkanes) is 11. The Kier molecular flexibility index (Phi) is 23.1. The Morgan fingerprint density at radius 1 is 0.762 bits per heavy atom. The second-order valence-corrected chi connectivity index (χ2v) is 5.73. The van der Waals surface area contributed by atoms with E-state index in [9.17, 15) is 4.79 Å². The van der Waals surface area contributed by atoms with Crippen LogP contribution in [0, 0.1) is 37.7 Å². The molecular weight excluding hydrogens is 413 g/mol. The van der Waals surface area contributed by atoms with Crippen LogP contribution in [0.15, 0.2) is 12.2 Å². The second-order valence-electron chi connectivity index (χ2n) is 5.73. The van der Waals surface area contributed by atoms with Gasteiger partial charge >= 0.3 is 5.97 Å². The van der Waals surface area contributed by atoms with Gasteiger partial charge in [-0.2, -0.15) is 0 Å². The molecule has 0 rings (SSSR count). The molecule has 0 aliphatic heterocycles. The van der Waals surface area contributed by atoms with Crippen molar-refractivity contribution >= 4 is 5.97 Å². The van der Waals surface area contributed by atoms with E-state index >= 15 is 0 Å². The largest absolute Gasteiger partial charge is 0.481 e. The Hall–Kier alpha value is 0.470. The van der Waals surface area contributed by atoms with Gasteiger partial charge in [-0.05, 0) is 32.1 Å². The zero-order valence-electron chi connectivity index (χ0n) is 13.7. The summed E-state index contributed by atoms with van der Waals surface area (Å²) in [6.45, 7) is 2.26. The van der Waals surface area contributed by atoms with Crippen molar-refractivity contribution in [3.05, 3.63) is 12.2 Å². The van der Waals surface area contributed by atoms with Crippen molar-refractivity contribution in [3.8, 4) is 0 Å². The zero-order valence-corrected chi connectivity index (χ0v) is 15.6. The Bertz CT molecular complexity index is 239. The Morgan fingerprint density at radius 2 is 1.19 bits per heavy atom. The third kappa shape index (κ3) is 22.9. The number of hydrogen-bond acceptors (Lipinski definition) is 1. The van der Waals surface area contributed by atoms with Gasteiger partial charge in [0.1, 0.15) is 0 Å². The van der Waals surface area contributed by atoms with Crippen molar-refractivity contribution in [1.82, 2.24) is 0 Å². The normalized spacial score (nSPS) is 10.7. The molecule has 129 valence electrons. The first-order valence-electron chi connectivity index (χ1n) is 8.64. The molecule has 0 atom stereocenters. The Morgan fingerprint density at radius 3 is 1.67 bits per heavy atom. The molecule has 0 amide bonds. The number of hydrogen-bond donors (Lipinski definition) is 1. The molecule has 0 aliphatic rings. The number of carboxylic acid groups (broad SMARTS) is 1. The average Bonchev–Trinajstić information content (AvgIpc) is 2.43. The molecule has 2 nitrogen and oxygen atoms in total. The van der Waals surface area contributed by atoms with E-state index in [0.29, 0.717) is 6.42 Å². The maximum atomic E-state index is 10.3. The monoisotopic (exact) mass is 447 g/mol. The molecule has 0 unspecified atom stereocenters. The smallest absolute Gasteiger partial charge is 0.303 e. The molecule has 0 aromatic heterocycles. The fourth-order valence-corrected chi connectivity index (χ4v) is 2.35. The van der Waals surface area contributed by atoms with Gasteiger partial charge in [0.25, 0.3) is 0 Å². The van der Waals surface area contributed by atoms with Gasteiger partial charge in [-0.25, -0.2) is 0 Å². The van der Waals surface area contributed by atoms with Crippen LogP contribution in [0.4, 0.5) is 0 Å². The van der Waals surface area contributed by atoms with Crippen molar-refractivity contribution in [2.24, 2.45) is 0 Å². The van der Waals surface area contributed by atoms with E-state index < -0.39 is 5.97 Å². The van der Waals surface area contributed by atoms with E-state index in [4.69, 9.17) is 5.11 Å². The van der Waals surface area contributed by atoms with Crippen LogP contribution in [0.1, 0.15) is 96.8 Å². The van der Waals surface area contributed by atoms with Gasteiger partial charge in [0, 0.05) is 44.2 Å². The molecule has 0 spiro atoms. The van der Waals surface area contributed by atoms with Crippen LogP contribution in [-0.4, -0.2) is 11.1 Å². The Balaban J connectivity index is 0. The van der Waals surface area contributed by atoms with E-state index in [-0.39, 0.29) is 37.7 Å². The van der Waals surface area contributed by atoms with Gasteiger partial charge in [-0.3, -0.25) is 4.79 Å². The molecule has 0 aromatic carbocycles. The summed E-state index contributed by atoms with van der Waals surface area (Å²) in [5.41, 5.74) is 0. The molecule has 0 heterocycles. The summed E-state index contributed by atoms with van der Waals surface area (Å²) in [6.07, 6.45) is 21.2. The van der Waals surface area contributed by atoms with Gasteiger partial charge in [-0.15, -0.1) is 0 Å². The molecule has 0 saturated heterocycles. The van der Waals surface area contributed by atoms with Crippen LogP contribution in [-0.2, 0) is 4.79 Å². The fraction of sp³-hybridized carbons (Fsp3) is 0.833. The number of carbonyl (C=O) groups is 1. The number of allylic oxidation sites excluding steroid dienone is 2. The standard InChI is InChI=1S/C18H34O2.Ho/c1-2-3-4-5-6-7-8-9-10-11-12-13-14-15-16-17-18(19)20;/h9-10H,2-8,11-17H2,1H3,(H,19,20);. The van der Waals surface area contributed by atoms with E-state index in [0.717, 1.165) is 12.8 Å². The molecule has 1 radical (unpaired) electrons. The van der Waals surface area contributed by atoms with Crippen LogP contribution < -0.4 is 0 Å². The number of carboxylic acids is 1. The van der Waals surface area contributed by atoms with E-state index in [2.05, 4.69) is 19.1 Å². The third-order valence-electron chi connectivity index (χ3n) is 3.65. The molecule has 21 heavy (non-hydrogen) atoms. The van der Waals surface area contributed by atoms with Crippen molar-refractivity contribution in [1.29, 1.82) is 0 Å². The molecule has 0 saturated carbocycles. The molecule has 0 fully saturated rings. The van der Waals surface area contributed by atoms with Crippen LogP contribution in [0.5, 0.6) is 0 Å². The summed E-state index contributed by atoms with van der Waals surface area (Å²) >= 11 is 0. The maximum Gasteiger partial charge on any atom is 0.303 e. The maximum absolute atomic E-state index is 10.3. The predicted molar refractivity (Wildman–Crippen MR) is 87.1 cm³/mol. The van der Waals surface area contributed by atoms with Gasteiger partial charge in [0.15, 0.2) is 0 Å². The van der Waals surface area contributed by atoms with Crippen molar-refractivity contribution in [3.63, 3.8) is 0 Å². The summed E-state index contributed by atoms with van der Waals surface area (Å²) < 4.78 is 0. The Labute approximate surface area is 161 Å². The first-order valence-corrected chi connectivity index (χ1v) is 8.64. The van der Waals surface area contributed by atoms with Crippen molar-refractivity contribution in [2.75, 3.05) is 0 Å². The third-order valence-corrected chi connectivity index (χ3v) is 3.65. The van der Waals surface area contributed by atoms with E-state index in [1.54, 1.807) is 0 Å². The number of aliphatic carboxylic acids is 1. The quantitative estimate of drug-likeness (QED) is 0.187. The minimum Gasteiger partial charge on any atom is -0.481 e. The molecule has 0 bridgehead atoms. The topological polar surface area (TPSA) is 37.3 Å². The second kappa shape index (κ2) is 20.5. The summed E-state index contributed by atoms with van der Waals surface area (Å²) in [4.78, 5) is 10.3. The van der Waals surface area contributed by atoms with E-state index in [1.807, 2.05) is 0 Å². The van der Waals surface area contributed by atoms with E-state index in [1.165, 1.54) is 70.6 Å². The summed E-state index contributed by atoms with van der Waals surface area (Å²) in [6, 6.07) is 0. The average molecular weight is 447 g/mol. The number of rotatable bonds is 15. The van der Waals surface area contributed by atoms with Gasteiger partial charge in [0.2, 0.25) is 0 Å². The summed E-state index contributed by atoms with van der Waals surface area (Å²) in [5.74, 6) is -0.664. The van der Waals surface area contributed by atoms with Gasteiger partial charge < -0.3 is 5.11 Å². The first-order chi connectivity index (χ1) is 9.77. The summed E-state index contributed by atoms with van der Waals surface area (Å²) in [5, 5.41) is 8.51. The summed E-state index contributed by atoms with van der Waals surface area (Å²) in [7, 11) is 0.